The smallest absolute Gasteiger partial charge is 0.143 e. The van der Waals surface area contributed by atoms with E-state index in [-0.39, 0.29) is 11.9 Å². The van der Waals surface area contributed by atoms with Crippen molar-refractivity contribution in [1.29, 1.82) is 0 Å². The van der Waals surface area contributed by atoms with Gasteiger partial charge in [-0.3, -0.25) is 0 Å². The summed E-state index contributed by atoms with van der Waals surface area (Å²) in [7, 11) is 0. The molecule has 2 unspecified atom stereocenters. The second-order valence-corrected chi connectivity index (χ2v) is 7.61. The normalized spacial score (nSPS) is 16.2. The van der Waals surface area contributed by atoms with E-state index >= 15 is 0 Å². The molecule has 4 nitrogen and oxygen atoms in total. The molecular formula is C25H20FN3O. The highest BCUT2D eigenvalue weighted by Gasteiger charge is 2.22. The number of aromatic nitrogens is 1. The molecule has 0 radical (unpaired) electrons. The van der Waals surface area contributed by atoms with Crippen molar-refractivity contribution in [2.24, 2.45) is 5.18 Å². The SMILES string of the molecule is O=NC(c1cccc(F)c1)c1cccc2nc(NC3CCc4ccccc43)ccc12. The number of rotatable bonds is 5. The van der Waals surface area contributed by atoms with Gasteiger partial charge in [-0.25, -0.2) is 9.37 Å². The van der Waals surface area contributed by atoms with Gasteiger partial charge in [0, 0.05) is 5.39 Å². The molecule has 1 aromatic heterocycles. The van der Waals surface area contributed by atoms with Crippen molar-refractivity contribution in [3.05, 3.63) is 112 Å². The minimum absolute atomic E-state index is 0.242. The van der Waals surface area contributed by atoms with Crippen LogP contribution in [0.3, 0.4) is 0 Å². The molecule has 0 saturated carbocycles. The number of hydrogen-bond acceptors (Lipinski definition) is 4. The van der Waals surface area contributed by atoms with Crippen molar-refractivity contribution in [2.75, 3.05) is 5.32 Å². The average molecular weight is 397 g/mol. The van der Waals surface area contributed by atoms with Crippen LogP contribution in [0.25, 0.3) is 10.9 Å². The van der Waals surface area contributed by atoms with E-state index in [0.717, 1.165) is 35.1 Å². The summed E-state index contributed by atoms with van der Waals surface area (Å²) < 4.78 is 13.7. The van der Waals surface area contributed by atoms with Crippen molar-refractivity contribution < 1.29 is 4.39 Å². The molecule has 5 rings (SSSR count). The number of benzene rings is 3. The van der Waals surface area contributed by atoms with E-state index in [1.54, 1.807) is 12.1 Å². The van der Waals surface area contributed by atoms with Gasteiger partial charge in [0.25, 0.3) is 0 Å². The molecule has 3 aromatic carbocycles. The number of nitroso groups, excluding NO2 is 1. The maximum Gasteiger partial charge on any atom is 0.143 e. The molecule has 2 atom stereocenters. The van der Waals surface area contributed by atoms with Gasteiger partial charge in [0.15, 0.2) is 0 Å². The van der Waals surface area contributed by atoms with Crippen molar-refractivity contribution >= 4 is 16.7 Å². The molecule has 0 aliphatic heterocycles. The molecular weight excluding hydrogens is 377 g/mol. The number of halogens is 1. The zero-order valence-electron chi connectivity index (χ0n) is 16.3. The van der Waals surface area contributed by atoms with Gasteiger partial charge in [0.2, 0.25) is 0 Å². The summed E-state index contributed by atoms with van der Waals surface area (Å²) in [6.07, 6.45) is 2.10. The first-order valence-electron chi connectivity index (χ1n) is 10.0. The fraction of sp³-hybridized carbons (Fsp3) is 0.160. The van der Waals surface area contributed by atoms with E-state index < -0.39 is 6.04 Å². The lowest BCUT2D eigenvalue weighted by atomic mass is 9.96. The Hall–Kier alpha value is -3.60. The van der Waals surface area contributed by atoms with Crippen molar-refractivity contribution in [1.82, 2.24) is 4.98 Å². The predicted octanol–water partition coefficient (Wildman–Crippen LogP) is 6.33. The van der Waals surface area contributed by atoms with Gasteiger partial charge in [-0.05, 0) is 65.4 Å². The molecule has 1 heterocycles. The monoisotopic (exact) mass is 397 g/mol. The number of aryl methyl sites for hydroxylation is 1. The Balaban J connectivity index is 1.49. The van der Waals surface area contributed by atoms with Gasteiger partial charge in [-0.2, -0.15) is 0 Å². The van der Waals surface area contributed by atoms with Crippen LogP contribution in [0.4, 0.5) is 10.2 Å². The molecule has 148 valence electrons. The van der Waals surface area contributed by atoms with Gasteiger partial charge in [0.1, 0.15) is 17.7 Å². The maximum atomic E-state index is 13.7. The van der Waals surface area contributed by atoms with Crippen LogP contribution in [0.1, 0.15) is 40.8 Å². The van der Waals surface area contributed by atoms with Crippen LogP contribution in [0.2, 0.25) is 0 Å². The van der Waals surface area contributed by atoms with E-state index in [9.17, 15) is 9.30 Å². The molecule has 0 saturated heterocycles. The largest absolute Gasteiger partial charge is 0.363 e. The van der Waals surface area contributed by atoms with Crippen LogP contribution in [0, 0.1) is 10.7 Å². The van der Waals surface area contributed by atoms with Gasteiger partial charge >= 0.3 is 0 Å². The van der Waals surface area contributed by atoms with Crippen molar-refractivity contribution in [2.45, 2.75) is 24.9 Å². The van der Waals surface area contributed by atoms with Gasteiger partial charge in [-0.1, -0.05) is 53.7 Å². The maximum absolute atomic E-state index is 13.7. The Morgan fingerprint density at radius 2 is 1.87 bits per heavy atom. The molecule has 0 amide bonds. The first kappa shape index (κ1) is 18.4. The summed E-state index contributed by atoms with van der Waals surface area (Å²) in [5, 5.41) is 7.67. The topological polar surface area (TPSA) is 54.4 Å². The number of fused-ring (bicyclic) bond motifs is 2. The highest BCUT2D eigenvalue weighted by Crippen LogP contribution is 2.35. The van der Waals surface area contributed by atoms with Crippen molar-refractivity contribution in [3.8, 4) is 0 Å². The minimum atomic E-state index is -0.785. The molecule has 1 N–H and O–H groups in total. The van der Waals surface area contributed by atoms with E-state index in [1.807, 2.05) is 30.3 Å². The third-order valence-electron chi connectivity index (χ3n) is 5.78. The Labute approximate surface area is 173 Å². The molecule has 1 aliphatic carbocycles. The number of nitrogens with one attached hydrogen (secondary N) is 1. The highest BCUT2D eigenvalue weighted by atomic mass is 19.1. The summed E-state index contributed by atoms with van der Waals surface area (Å²) in [4.78, 5) is 16.4. The third kappa shape index (κ3) is 3.32. The molecule has 0 fully saturated rings. The number of nitrogens with zero attached hydrogens (tertiary/aromatic N) is 2. The average Bonchev–Trinajstić information content (AvgIpc) is 3.17. The van der Waals surface area contributed by atoms with Gasteiger partial charge in [0.05, 0.1) is 11.6 Å². The Morgan fingerprint density at radius 1 is 1.00 bits per heavy atom. The van der Waals surface area contributed by atoms with E-state index in [2.05, 4.69) is 34.8 Å². The van der Waals surface area contributed by atoms with Crippen LogP contribution in [0.5, 0.6) is 0 Å². The summed E-state index contributed by atoms with van der Waals surface area (Å²) >= 11 is 0. The van der Waals surface area contributed by atoms with E-state index in [0.29, 0.717) is 5.56 Å². The van der Waals surface area contributed by atoms with E-state index in [1.165, 1.54) is 23.3 Å². The third-order valence-corrected chi connectivity index (χ3v) is 5.78. The number of anilines is 1. The first-order chi connectivity index (χ1) is 14.7. The Bertz CT molecular complexity index is 1240. The minimum Gasteiger partial charge on any atom is -0.363 e. The lowest BCUT2D eigenvalue weighted by Crippen LogP contribution is -2.08. The Morgan fingerprint density at radius 3 is 2.73 bits per heavy atom. The fourth-order valence-corrected chi connectivity index (χ4v) is 4.36. The quantitative estimate of drug-likeness (QED) is 0.400. The van der Waals surface area contributed by atoms with E-state index in [4.69, 9.17) is 4.98 Å². The second-order valence-electron chi connectivity index (χ2n) is 7.61. The molecule has 5 heteroatoms. The molecule has 0 bridgehead atoms. The zero-order chi connectivity index (χ0) is 20.5. The standard InChI is InChI=1S/C25H20FN3O/c26-18-7-3-6-17(15-18)25(29-30)21-9-4-10-22-20(21)12-14-24(27-22)28-23-13-11-16-5-1-2-8-19(16)23/h1-10,12,14-15,23,25H,11,13H2,(H,27,28). The van der Waals surface area contributed by atoms with Gasteiger partial charge in [-0.15, -0.1) is 4.91 Å². The summed E-state index contributed by atoms with van der Waals surface area (Å²) in [5.41, 5.74) is 4.73. The molecule has 1 aliphatic rings. The highest BCUT2D eigenvalue weighted by molar-refractivity contribution is 5.84. The number of pyridine rings is 1. The van der Waals surface area contributed by atoms with Crippen LogP contribution in [-0.2, 0) is 6.42 Å². The zero-order valence-corrected chi connectivity index (χ0v) is 16.3. The lowest BCUT2D eigenvalue weighted by Gasteiger charge is -2.17. The molecule has 4 aromatic rings. The van der Waals surface area contributed by atoms with Crippen LogP contribution >= 0.6 is 0 Å². The predicted molar refractivity (Wildman–Crippen MR) is 117 cm³/mol. The fourth-order valence-electron chi connectivity index (χ4n) is 4.36. The van der Waals surface area contributed by atoms with Crippen LogP contribution in [0.15, 0.2) is 84.0 Å². The molecule has 30 heavy (non-hydrogen) atoms. The molecule has 0 spiro atoms. The van der Waals surface area contributed by atoms with Crippen LogP contribution < -0.4 is 5.32 Å². The summed E-state index contributed by atoms with van der Waals surface area (Å²) in [5.74, 6) is 0.408. The first-order valence-corrected chi connectivity index (χ1v) is 10.0. The summed E-state index contributed by atoms with van der Waals surface area (Å²) in [6, 6.07) is 23.5. The van der Waals surface area contributed by atoms with Crippen molar-refractivity contribution in [3.63, 3.8) is 0 Å². The van der Waals surface area contributed by atoms with Crippen LogP contribution in [-0.4, -0.2) is 4.98 Å². The second kappa shape index (κ2) is 7.67. The lowest BCUT2D eigenvalue weighted by molar-refractivity contribution is 0.623. The van der Waals surface area contributed by atoms with Gasteiger partial charge < -0.3 is 5.32 Å². The summed E-state index contributed by atoms with van der Waals surface area (Å²) in [6.45, 7) is 0. The Kier molecular flexibility index (Phi) is 4.71. The number of hydrogen-bond donors (Lipinski definition) is 1.